The summed E-state index contributed by atoms with van der Waals surface area (Å²) in [5.74, 6) is 0.341. The number of hydrogen-bond donors (Lipinski definition) is 2. The van der Waals surface area contributed by atoms with Crippen LogP contribution in [0.3, 0.4) is 0 Å². The molecule has 0 fully saturated rings. The molecule has 124 valence electrons. The molecule has 0 aliphatic carbocycles. The molecule has 2 N–H and O–H groups in total. The van der Waals surface area contributed by atoms with Gasteiger partial charge in [0.05, 0.1) is 5.56 Å². The minimum absolute atomic E-state index is 0.0206. The van der Waals surface area contributed by atoms with Crippen LogP contribution >= 0.6 is 0 Å². The Morgan fingerprint density at radius 2 is 2.00 bits per heavy atom. The predicted octanol–water partition coefficient (Wildman–Crippen LogP) is 4.87. The fraction of sp³-hybridized carbons (Fsp3) is 0.350. The molecule has 1 aromatic carbocycles. The third-order valence-electron chi connectivity index (χ3n) is 3.96. The summed E-state index contributed by atoms with van der Waals surface area (Å²) in [6.07, 6.45) is 8.19. The highest BCUT2D eigenvalue weighted by Crippen LogP contribution is 2.32. The van der Waals surface area contributed by atoms with Crippen molar-refractivity contribution in [2.75, 3.05) is 0 Å². The number of benzene rings is 1. The smallest absolute Gasteiger partial charge is 0.154 e. The molecule has 1 unspecified atom stereocenters. The number of hydrogen-bond acceptors (Lipinski definition) is 3. The van der Waals surface area contributed by atoms with Gasteiger partial charge in [-0.15, -0.1) is 0 Å². The SMILES string of the molecule is C=C(C=CC(C)=CC(C)CC)Cc1cc(O)c(C)c(O)c1C=O. The molecule has 1 rings (SSSR count). The molecule has 0 saturated heterocycles. The van der Waals surface area contributed by atoms with Crippen LogP contribution in [0, 0.1) is 12.8 Å². The summed E-state index contributed by atoms with van der Waals surface area (Å²) < 4.78 is 0. The van der Waals surface area contributed by atoms with Gasteiger partial charge >= 0.3 is 0 Å². The van der Waals surface area contributed by atoms with Gasteiger partial charge in [0.15, 0.2) is 6.29 Å². The molecular formula is C20H26O3. The van der Waals surface area contributed by atoms with Crippen molar-refractivity contribution in [1.82, 2.24) is 0 Å². The van der Waals surface area contributed by atoms with Crippen molar-refractivity contribution in [2.24, 2.45) is 5.92 Å². The Balaban J connectivity index is 2.94. The number of carbonyl (C=O) groups is 1. The second kappa shape index (κ2) is 8.37. The lowest BCUT2D eigenvalue weighted by Crippen LogP contribution is -1.97. The van der Waals surface area contributed by atoms with Crippen molar-refractivity contribution in [3.63, 3.8) is 0 Å². The molecule has 23 heavy (non-hydrogen) atoms. The molecule has 0 aliphatic heterocycles. The Morgan fingerprint density at radius 1 is 1.35 bits per heavy atom. The molecule has 0 aliphatic rings. The molecule has 0 spiro atoms. The number of phenolic OH excluding ortho intramolecular Hbond substituents is 2. The van der Waals surface area contributed by atoms with Crippen molar-refractivity contribution in [3.8, 4) is 11.5 Å². The van der Waals surface area contributed by atoms with Crippen molar-refractivity contribution < 1.29 is 15.0 Å². The molecule has 0 saturated carbocycles. The Kier molecular flexibility index (Phi) is 6.83. The van der Waals surface area contributed by atoms with E-state index in [1.807, 2.05) is 19.1 Å². The van der Waals surface area contributed by atoms with Crippen molar-refractivity contribution in [3.05, 3.63) is 58.7 Å². The number of aldehydes is 1. The highest BCUT2D eigenvalue weighted by Gasteiger charge is 2.14. The molecule has 3 heteroatoms. The zero-order valence-electron chi connectivity index (χ0n) is 14.4. The highest BCUT2D eigenvalue weighted by molar-refractivity contribution is 5.83. The number of rotatable bonds is 7. The Labute approximate surface area is 138 Å². The summed E-state index contributed by atoms with van der Waals surface area (Å²) in [7, 11) is 0. The quantitative estimate of drug-likeness (QED) is 0.558. The molecule has 1 atom stereocenters. The average Bonchev–Trinajstić information content (AvgIpc) is 2.51. The Bertz CT molecular complexity index is 651. The van der Waals surface area contributed by atoms with Gasteiger partial charge in [0, 0.05) is 5.56 Å². The van der Waals surface area contributed by atoms with Crippen LogP contribution in [0.25, 0.3) is 0 Å². The monoisotopic (exact) mass is 314 g/mol. The van der Waals surface area contributed by atoms with Gasteiger partial charge in [0.1, 0.15) is 11.5 Å². The van der Waals surface area contributed by atoms with E-state index in [9.17, 15) is 15.0 Å². The maximum atomic E-state index is 11.2. The fourth-order valence-corrected chi connectivity index (χ4v) is 2.28. The van der Waals surface area contributed by atoms with E-state index in [0.717, 1.165) is 17.6 Å². The number of carbonyl (C=O) groups excluding carboxylic acids is 1. The summed E-state index contributed by atoms with van der Waals surface area (Å²) in [4.78, 5) is 11.2. The fourth-order valence-electron chi connectivity index (χ4n) is 2.28. The first kappa shape index (κ1) is 18.8. The van der Waals surface area contributed by atoms with Gasteiger partial charge in [-0.05, 0) is 37.8 Å². The van der Waals surface area contributed by atoms with Gasteiger partial charge in [-0.25, -0.2) is 0 Å². The number of allylic oxidation sites excluding steroid dienone is 5. The van der Waals surface area contributed by atoms with Crippen LogP contribution in [-0.2, 0) is 6.42 Å². The van der Waals surface area contributed by atoms with Crippen LogP contribution in [0.15, 0.2) is 42.0 Å². The van der Waals surface area contributed by atoms with Gasteiger partial charge in [0.25, 0.3) is 0 Å². The molecule has 3 nitrogen and oxygen atoms in total. The van der Waals surface area contributed by atoms with E-state index >= 15 is 0 Å². The van der Waals surface area contributed by atoms with Gasteiger partial charge in [-0.1, -0.05) is 56.2 Å². The first-order chi connectivity index (χ1) is 10.8. The third-order valence-corrected chi connectivity index (χ3v) is 3.96. The first-order valence-corrected chi connectivity index (χ1v) is 7.83. The lowest BCUT2D eigenvalue weighted by atomic mass is 9.96. The molecule has 0 bridgehead atoms. The van der Waals surface area contributed by atoms with E-state index in [2.05, 4.69) is 26.5 Å². The van der Waals surface area contributed by atoms with Gasteiger partial charge in [0.2, 0.25) is 0 Å². The number of phenols is 2. The second-order valence-corrected chi connectivity index (χ2v) is 6.02. The van der Waals surface area contributed by atoms with Crippen LogP contribution in [0.1, 0.15) is 48.7 Å². The molecule has 0 heterocycles. The summed E-state index contributed by atoms with van der Waals surface area (Å²) in [5, 5.41) is 19.8. The van der Waals surface area contributed by atoms with Crippen molar-refractivity contribution >= 4 is 6.29 Å². The minimum Gasteiger partial charge on any atom is -0.508 e. The van der Waals surface area contributed by atoms with Crippen LogP contribution in [-0.4, -0.2) is 16.5 Å². The zero-order chi connectivity index (χ0) is 17.6. The van der Waals surface area contributed by atoms with E-state index in [0.29, 0.717) is 29.8 Å². The van der Waals surface area contributed by atoms with Crippen LogP contribution in [0.2, 0.25) is 0 Å². The maximum absolute atomic E-state index is 11.2. The highest BCUT2D eigenvalue weighted by atomic mass is 16.3. The van der Waals surface area contributed by atoms with Crippen LogP contribution in [0.5, 0.6) is 11.5 Å². The maximum Gasteiger partial charge on any atom is 0.154 e. The van der Waals surface area contributed by atoms with Gasteiger partial charge < -0.3 is 10.2 Å². The predicted molar refractivity (Wildman–Crippen MR) is 95.1 cm³/mol. The number of aromatic hydroxyl groups is 2. The first-order valence-electron chi connectivity index (χ1n) is 7.83. The summed E-state index contributed by atoms with van der Waals surface area (Å²) in [6, 6.07) is 1.51. The third kappa shape index (κ3) is 5.13. The van der Waals surface area contributed by atoms with E-state index < -0.39 is 0 Å². The lowest BCUT2D eigenvalue weighted by Gasteiger charge is -2.11. The topological polar surface area (TPSA) is 57.5 Å². The lowest BCUT2D eigenvalue weighted by molar-refractivity contribution is 0.112. The largest absolute Gasteiger partial charge is 0.508 e. The molecule has 1 aromatic rings. The second-order valence-electron chi connectivity index (χ2n) is 6.02. The van der Waals surface area contributed by atoms with E-state index in [4.69, 9.17) is 0 Å². The van der Waals surface area contributed by atoms with Gasteiger partial charge in [-0.3, -0.25) is 4.79 Å². The standard InChI is InChI=1S/C20H26O3/c1-6-13(2)9-14(3)7-8-15(4)10-17-11-19(22)16(5)20(23)18(17)12-21/h7-9,11-13,22-23H,4,6,10H2,1-3,5H3. The Morgan fingerprint density at radius 3 is 2.57 bits per heavy atom. The molecule has 0 amide bonds. The van der Waals surface area contributed by atoms with E-state index in [1.54, 1.807) is 6.92 Å². The van der Waals surface area contributed by atoms with E-state index in [-0.39, 0.29) is 17.1 Å². The summed E-state index contributed by atoms with van der Waals surface area (Å²) >= 11 is 0. The summed E-state index contributed by atoms with van der Waals surface area (Å²) in [5.41, 5.74) is 3.04. The van der Waals surface area contributed by atoms with Crippen molar-refractivity contribution in [2.45, 2.75) is 40.5 Å². The molecule has 0 aromatic heterocycles. The van der Waals surface area contributed by atoms with Crippen LogP contribution in [0.4, 0.5) is 0 Å². The van der Waals surface area contributed by atoms with Gasteiger partial charge in [-0.2, -0.15) is 0 Å². The van der Waals surface area contributed by atoms with E-state index in [1.165, 1.54) is 6.07 Å². The Hall–Kier alpha value is -2.29. The average molecular weight is 314 g/mol. The van der Waals surface area contributed by atoms with Crippen LogP contribution < -0.4 is 0 Å². The molecule has 0 radical (unpaired) electrons. The van der Waals surface area contributed by atoms with Crippen molar-refractivity contribution in [1.29, 1.82) is 0 Å². The normalized spacial score (nSPS) is 13.3. The molecular weight excluding hydrogens is 288 g/mol. The summed E-state index contributed by atoms with van der Waals surface area (Å²) in [6.45, 7) is 11.9. The zero-order valence-corrected chi connectivity index (χ0v) is 14.4. The minimum atomic E-state index is -0.167.